The van der Waals surface area contributed by atoms with Crippen molar-refractivity contribution in [3.8, 4) is 0 Å². The molecule has 0 aromatic carbocycles. The summed E-state index contributed by atoms with van der Waals surface area (Å²) in [7, 11) is 0. The van der Waals surface area contributed by atoms with Crippen LogP contribution in [0.3, 0.4) is 0 Å². The molecule has 0 N–H and O–H groups in total. The summed E-state index contributed by atoms with van der Waals surface area (Å²) in [6.45, 7) is 0.235. The van der Waals surface area contributed by atoms with Crippen LogP contribution in [0.15, 0.2) is 12.3 Å². The summed E-state index contributed by atoms with van der Waals surface area (Å²) in [6, 6.07) is 0. The molecule has 1 aliphatic rings. The summed E-state index contributed by atoms with van der Waals surface area (Å²) in [6.07, 6.45) is 3.42. The third kappa shape index (κ3) is 0.913. The fourth-order valence-corrected chi connectivity index (χ4v) is 0.423. The van der Waals surface area contributed by atoms with E-state index < -0.39 is 0 Å². The number of hydroxylamine groups is 2. The van der Waals surface area contributed by atoms with E-state index in [1.54, 1.807) is 12.3 Å². The Morgan fingerprint density at radius 2 is 2.71 bits per heavy atom. The minimum absolute atomic E-state index is 0.309. The van der Waals surface area contributed by atoms with Crippen molar-refractivity contribution in [2.45, 2.75) is 0 Å². The van der Waals surface area contributed by atoms with Gasteiger partial charge in [-0.2, -0.15) is 0 Å². The molecule has 0 bridgehead atoms. The first-order valence-electron chi connectivity index (χ1n) is 2.08. The fourth-order valence-electron chi connectivity index (χ4n) is 0.423. The van der Waals surface area contributed by atoms with Gasteiger partial charge in [0.15, 0.2) is 6.73 Å². The molecule has 0 unspecified atom stereocenters. The van der Waals surface area contributed by atoms with Crippen molar-refractivity contribution < 1.29 is 9.94 Å². The first kappa shape index (κ1) is 4.61. The highest BCUT2D eigenvalue weighted by Crippen LogP contribution is 1.97. The molecule has 0 saturated carbocycles. The first-order chi connectivity index (χ1) is 3.43. The molecule has 0 fully saturated rings. The second-order valence-corrected chi connectivity index (χ2v) is 1.23. The molecule has 1 aliphatic heterocycles. The molecular formula is C4H6NO2. The highest BCUT2D eigenvalue weighted by atomic mass is 16.7. The van der Waals surface area contributed by atoms with Crippen LogP contribution in [-0.4, -0.2) is 18.4 Å². The van der Waals surface area contributed by atoms with Gasteiger partial charge in [-0.25, -0.2) is 10.2 Å². The maximum absolute atomic E-state index is 9.88. The molecule has 0 aliphatic carbocycles. The van der Waals surface area contributed by atoms with Crippen LogP contribution in [0.5, 0.6) is 0 Å². The highest BCUT2D eigenvalue weighted by Gasteiger charge is 2.00. The van der Waals surface area contributed by atoms with Crippen molar-refractivity contribution in [2.75, 3.05) is 13.3 Å². The van der Waals surface area contributed by atoms with E-state index in [0.717, 1.165) is 0 Å². The first-order valence-corrected chi connectivity index (χ1v) is 2.08. The van der Waals surface area contributed by atoms with Gasteiger partial charge in [0.05, 0.1) is 6.61 Å². The van der Waals surface area contributed by atoms with Crippen LogP contribution in [0, 0.1) is 0 Å². The second-order valence-electron chi connectivity index (χ2n) is 1.23. The quantitative estimate of drug-likeness (QED) is 0.469. The van der Waals surface area contributed by atoms with Crippen molar-refractivity contribution in [1.82, 2.24) is 5.06 Å². The van der Waals surface area contributed by atoms with E-state index in [-0.39, 0.29) is 6.73 Å². The molecule has 1 heterocycles. The van der Waals surface area contributed by atoms with Gasteiger partial charge in [-0.15, -0.1) is 0 Å². The van der Waals surface area contributed by atoms with Gasteiger partial charge in [0.25, 0.3) is 0 Å². The molecule has 39 valence electrons. The van der Waals surface area contributed by atoms with Gasteiger partial charge < -0.3 is 0 Å². The zero-order chi connectivity index (χ0) is 5.11. The van der Waals surface area contributed by atoms with Crippen molar-refractivity contribution >= 4 is 0 Å². The topological polar surface area (TPSA) is 32.4 Å². The highest BCUT2D eigenvalue weighted by molar-refractivity contribution is 4.82. The van der Waals surface area contributed by atoms with Gasteiger partial charge in [-0.3, -0.25) is 4.84 Å². The standard InChI is InChI=1S/C4H6NO2/c6-4-5-2-1-3-7-5/h1-2H,3-4H2. The molecule has 0 aromatic rings. The van der Waals surface area contributed by atoms with E-state index in [9.17, 15) is 5.11 Å². The van der Waals surface area contributed by atoms with E-state index >= 15 is 0 Å². The van der Waals surface area contributed by atoms with E-state index in [1.807, 2.05) is 0 Å². The Morgan fingerprint density at radius 1 is 1.86 bits per heavy atom. The predicted octanol–water partition coefficient (Wildman–Crippen LogP) is 0.135. The van der Waals surface area contributed by atoms with Crippen molar-refractivity contribution in [3.63, 3.8) is 0 Å². The number of hydrogen-bond donors (Lipinski definition) is 0. The lowest BCUT2D eigenvalue weighted by molar-refractivity contribution is -0.151. The maximum Gasteiger partial charge on any atom is 0.177 e. The van der Waals surface area contributed by atoms with Crippen LogP contribution in [0.1, 0.15) is 0 Å². The Morgan fingerprint density at radius 3 is 3.00 bits per heavy atom. The Balaban J connectivity index is 2.28. The molecule has 3 nitrogen and oxygen atoms in total. The van der Waals surface area contributed by atoms with Crippen LogP contribution in [0.2, 0.25) is 0 Å². The number of hydrogen-bond acceptors (Lipinski definition) is 2. The lowest BCUT2D eigenvalue weighted by Gasteiger charge is -2.06. The monoisotopic (exact) mass is 100 g/mol. The Kier molecular flexibility index (Phi) is 1.29. The molecule has 0 saturated heterocycles. The van der Waals surface area contributed by atoms with E-state index in [1.165, 1.54) is 5.06 Å². The average molecular weight is 100 g/mol. The zero-order valence-corrected chi connectivity index (χ0v) is 3.83. The van der Waals surface area contributed by atoms with Crippen molar-refractivity contribution in [2.24, 2.45) is 0 Å². The maximum atomic E-state index is 9.88. The molecule has 0 aromatic heterocycles. The van der Waals surface area contributed by atoms with Crippen LogP contribution in [0.25, 0.3) is 0 Å². The molecule has 1 rings (SSSR count). The fraction of sp³-hybridized carbons (Fsp3) is 0.500. The van der Waals surface area contributed by atoms with E-state index in [4.69, 9.17) is 4.84 Å². The van der Waals surface area contributed by atoms with Crippen molar-refractivity contribution in [1.29, 1.82) is 0 Å². The Hall–Kier alpha value is -0.540. The lowest BCUT2D eigenvalue weighted by atomic mass is 10.7. The summed E-state index contributed by atoms with van der Waals surface area (Å²) < 4.78 is 0. The van der Waals surface area contributed by atoms with E-state index in [2.05, 4.69) is 0 Å². The third-order valence-electron chi connectivity index (χ3n) is 0.736. The van der Waals surface area contributed by atoms with Crippen LogP contribution >= 0.6 is 0 Å². The summed E-state index contributed by atoms with van der Waals surface area (Å²) in [5.41, 5.74) is 0. The van der Waals surface area contributed by atoms with Gasteiger partial charge in [0, 0.05) is 6.20 Å². The van der Waals surface area contributed by atoms with Gasteiger partial charge in [-0.05, 0) is 6.08 Å². The second kappa shape index (κ2) is 1.95. The minimum atomic E-state index is -0.309. The molecule has 3 heteroatoms. The van der Waals surface area contributed by atoms with Gasteiger partial charge in [-0.1, -0.05) is 0 Å². The Labute approximate surface area is 41.8 Å². The Bertz CT molecular complexity index is 81.8. The summed E-state index contributed by atoms with van der Waals surface area (Å²) >= 11 is 0. The molecule has 0 spiro atoms. The average Bonchev–Trinajstić information content (AvgIpc) is 2.14. The van der Waals surface area contributed by atoms with Crippen molar-refractivity contribution in [3.05, 3.63) is 12.3 Å². The smallest absolute Gasteiger partial charge is 0.177 e. The zero-order valence-electron chi connectivity index (χ0n) is 3.83. The minimum Gasteiger partial charge on any atom is -0.267 e. The van der Waals surface area contributed by atoms with Crippen LogP contribution in [0.4, 0.5) is 0 Å². The van der Waals surface area contributed by atoms with Crippen LogP contribution < -0.4 is 0 Å². The van der Waals surface area contributed by atoms with Gasteiger partial charge >= 0.3 is 0 Å². The SMILES string of the molecule is [O]CN1C=CCO1. The molecule has 0 amide bonds. The third-order valence-corrected chi connectivity index (χ3v) is 0.736. The summed E-state index contributed by atoms with van der Waals surface area (Å²) in [4.78, 5) is 4.71. The predicted molar refractivity (Wildman–Crippen MR) is 22.5 cm³/mol. The van der Waals surface area contributed by atoms with Crippen LogP contribution in [-0.2, 0) is 9.94 Å². The number of nitrogens with zero attached hydrogens (tertiary/aromatic N) is 1. The normalized spacial score (nSPS) is 18.7. The van der Waals surface area contributed by atoms with E-state index in [0.29, 0.717) is 6.61 Å². The lowest BCUT2D eigenvalue weighted by Crippen LogP contribution is -2.12. The summed E-state index contributed by atoms with van der Waals surface area (Å²) in [5, 5.41) is 11.1. The largest absolute Gasteiger partial charge is 0.267 e. The van der Waals surface area contributed by atoms with Gasteiger partial charge in [0.1, 0.15) is 0 Å². The summed E-state index contributed by atoms with van der Waals surface area (Å²) in [5.74, 6) is 0. The van der Waals surface area contributed by atoms with Gasteiger partial charge in [0.2, 0.25) is 0 Å². The molecule has 1 radical (unpaired) electrons. The molecular weight excluding hydrogens is 94.0 g/mol. The molecule has 7 heavy (non-hydrogen) atoms. The molecule has 0 atom stereocenters. The number of rotatable bonds is 1.